The van der Waals surface area contributed by atoms with Crippen molar-refractivity contribution in [3.05, 3.63) is 131 Å². The molecule has 7 aromatic rings. The number of hydrogen-bond donors (Lipinski definition) is 0. The lowest BCUT2D eigenvalue weighted by Crippen LogP contribution is -2.30. The van der Waals surface area contributed by atoms with Gasteiger partial charge in [-0.3, -0.25) is 9.36 Å². The molecule has 0 bridgehead atoms. The van der Waals surface area contributed by atoms with Gasteiger partial charge in [-0.25, -0.2) is 4.98 Å². The molecule has 0 amide bonds. The first kappa shape index (κ1) is 47.9. The summed E-state index contributed by atoms with van der Waals surface area (Å²) >= 11 is 1.73. The molecule has 0 radical (unpaired) electrons. The van der Waals surface area contributed by atoms with Gasteiger partial charge in [0.1, 0.15) is 16.4 Å². The van der Waals surface area contributed by atoms with Crippen molar-refractivity contribution < 1.29 is 18.9 Å². The molecule has 0 N–H and O–H groups in total. The van der Waals surface area contributed by atoms with E-state index >= 15 is 0 Å². The monoisotopic (exact) mass is 922 g/mol. The molecule has 8 rings (SSSR count). The predicted octanol–water partition coefficient (Wildman–Crippen LogP) is 11.3. The Balaban J connectivity index is 1.14. The normalized spacial score (nSPS) is 13.0. The van der Waals surface area contributed by atoms with E-state index in [2.05, 4.69) is 143 Å². The first-order valence-corrected chi connectivity index (χ1v) is 25.1. The van der Waals surface area contributed by atoms with Gasteiger partial charge in [-0.05, 0) is 97.2 Å². The Bertz CT molecular complexity index is 2560. The number of benzene rings is 4. The Morgan fingerprint density at radius 1 is 0.612 bits per heavy atom. The highest BCUT2D eigenvalue weighted by Gasteiger charge is 2.43. The molecular formula is C54H66N8O4S. The predicted molar refractivity (Wildman–Crippen MR) is 270 cm³/mol. The molecule has 0 saturated heterocycles. The van der Waals surface area contributed by atoms with E-state index in [0.29, 0.717) is 65.9 Å². The fourth-order valence-corrected chi connectivity index (χ4v) is 9.89. The van der Waals surface area contributed by atoms with Crippen LogP contribution in [0.4, 0.5) is 5.69 Å². The van der Waals surface area contributed by atoms with Crippen LogP contribution < -0.4 is 4.90 Å². The standard InChI is InChI=1S/C54H66N8O4S/c1-5-9-27-61-39-44(56-58-61)37-60(38-45-40-62(59-57-45)28-10-6-2)46-22-24-48-47-23-19-42(16-15-41-17-20-43(21-18-41)53-55-51-13-11-12-14-52(51)67-53)35-49(47)54(50(48)36-46,25-29-65-33-31-63-7-3)26-30-66-34-32-64-8-4/h11-24,35-36,39-40H,5-10,25-34,37-38H2,1-4H3/b16-15+. The molecule has 0 spiro atoms. The molecule has 13 heteroatoms. The summed E-state index contributed by atoms with van der Waals surface area (Å²) in [5.41, 5.74) is 12.0. The number of thiazole rings is 1. The van der Waals surface area contributed by atoms with E-state index in [0.717, 1.165) is 95.9 Å². The van der Waals surface area contributed by atoms with E-state index in [1.807, 2.05) is 29.3 Å². The highest BCUT2D eigenvalue weighted by atomic mass is 32.1. The molecule has 12 nitrogen and oxygen atoms in total. The number of fused-ring (bicyclic) bond motifs is 4. The van der Waals surface area contributed by atoms with Crippen LogP contribution in [0.3, 0.4) is 0 Å². The minimum absolute atomic E-state index is 0.404. The third kappa shape index (κ3) is 12.1. The van der Waals surface area contributed by atoms with Crippen LogP contribution >= 0.6 is 11.3 Å². The lowest BCUT2D eigenvalue weighted by atomic mass is 9.72. The molecule has 0 aliphatic heterocycles. The second-order valence-electron chi connectivity index (χ2n) is 17.2. The summed E-state index contributed by atoms with van der Waals surface area (Å²) in [6.45, 7) is 16.0. The molecule has 0 saturated carbocycles. The smallest absolute Gasteiger partial charge is 0.124 e. The van der Waals surface area contributed by atoms with Crippen LogP contribution in [0.15, 0.2) is 97.3 Å². The van der Waals surface area contributed by atoms with Crippen molar-refractivity contribution >= 4 is 39.4 Å². The Hall–Kier alpha value is -5.57. The van der Waals surface area contributed by atoms with Gasteiger partial charge in [0.2, 0.25) is 0 Å². The minimum atomic E-state index is -0.404. The van der Waals surface area contributed by atoms with Gasteiger partial charge in [0.25, 0.3) is 0 Å². The van der Waals surface area contributed by atoms with Gasteiger partial charge in [0.15, 0.2) is 0 Å². The zero-order valence-corrected chi connectivity index (χ0v) is 40.6. The molecule has 67 heavy (non-hydrogen) atoms. The van der Waals surface area contributed by atoms with Crippen molar-refractivity contribution in [1.82, 2.24) is 35.0 Å². The molecule has 1 aliphatic carbocycles. The van der Waals surface area contributed by atoms with Crippen molar-refractivity contribution in [1.29, 1.82) is 0 Å². The average molecular weight is 923 g/mol. The number of rotatable bonds is 28. The summed E-state index contributed by atoms with van der Waals surface area (Å²) in [6, 6.07) is 30.9. The van der Waals surface area contributed by atoms with E-state index in [1.165, 1.54) is 27.0 Å². The fraction of sp³-hybridized carbons (Fsp3) is 0.426. The third-order valence-corrected chi connectivity index (χ3v) is 13.6. The molecule has 0 unspecified atom stereocenters. The van der Waals surface area contributed by atoms with Crippen molar-refractivity contribution in [2.24, 2.45) is 0 Å². The van der Waals surface area contributed by atoms with Crippen LogP contribution in [0.1, 0.15) is 99.9 Å². The van der Waals surface area contributed by atoms with Crippen molar-refractivity contribution in [2.75, 3.05) is 57.8 Å². The summed E-state index contributed by atoms with van der Waals surface area (Å²) in [6.07, 6.45) is 14.5. The number of anilines is 1. The first-order chi connectivity index (χ1) is 33.0. The number of nitrogens with zero attached hydrogens (tertiary/aromatic N) is 8. The molecule has 0 atom stereocenters. The van der Waals surface area contributed by atoms with Gasteiger partial charge in [-0.1, -0.05) is 110 Å². The maximum atomic E-state index is 6.35. The number of unbranched alkanes of at least 4 members (excludes halogenated alkanes) is 2. The first-order valence-electron chi connectivity index (χ1n) is 24.3. The van der Waals surface area contributed by atoms with Crippen LogP contribution in [-0.2, 0) is 50.5 Å². The summed E-state index contributed by atoms with van der Waals surface area (Å²) < 4.78 is 29.2. The summed E-state index contributed by atoms with van der Waals surface area (Å²) in [7, 11) is 0. The molecule has 0 fully saturated rings. The van der Waals surface area contributed by atoms with Crippen LogP contribution in [-0.4, -0.2) is 87.8 Å². The minimum Gasteiger partial charge on any atom is -0.379 e. The Labute approximate surface area is 399 Å². The molecule has 4 aromatic carbocycles. The van der Waals surface area contributed by atoms with Crippen molar-refractivity contribution in [3.63, 3.8) is 0 Å². The largest absolute Gasteiger partial charge is 0.379 e. The van der Waals surface area contributed by atoms with E-state index in [1.54, 1.807) is 11.3 Å². The fourth-order valence-electron chi connectivity index (χ4n) is 8.92. The molecule has 352 valence electrons. The van der Waals surface area contributed by atoms with Gasteiger partial charge in [-0.15, -0.1) is 21.5 Å². The van der Waals surface area contributed by atoms with Crippen LogP contribution in [0.2, 0.25) is 0 Å². The van der Waals surface area contributed by atoms with Gasteiger partial charge in [0, 0.05) is 56.2 Å². The maximum absolute atomic E-state index is 6.35. The quantitative estimate of drug-likeness (QED) is 0.0347. The van der Waals surface area contributed by atoms with E-state index in [-0.39, 0.29) is 0 Å². The number of aryl methyl sites for hydroxylation is 2. The summed E-state index contributed by atoms with van der Waals surface area (Å²) in [5, 5.41) is 19.3. The van der Waals surface area contributed by atoms with E-state index < -0.39 is 5.41 Å². The highest BCUT2D eigenvalue weighted by molar-refractivity contribution is 7.21. The molecule has 3 aromatic heterocycles. The lowest BCUT2D eigenvalue weighted by Gasteiger charge is -2.33. The Kier molecular flexibility index (Phi) is 17.1. The zero-order chi connectivity index (χ0) is 46.3. The van der Waals surface area contributed by atoms with Crippen LogP contribution in [0, 0.1) is 0 Å². The van der Waals surface area contributed by atoms with Crippen LogP contribution in [0.25, 0.3) is 44.1 Å². The number of hydrogen-bond acceptors (Lipinski definition) is 11. The number of ether oxygens (including phenoxy) is 4. The van der Waals surface area contributed by atoms with E-state index in [4.69, 9.17) is 23.9 Å². The third-order valence-electron chi connectivity index (χ3n) is 12.5. The van der Waals surface area contributed by atoms with Gasteiger partial charge in [-0.2, -0.15) is 0 Å². The topological polar surface area (TPSA) is 114 Å². The van der Waals surface area contributed by atoms with Gasteiger partial charge in [0.05, 0.1) is 62.1 Å². The Morgan fingerprint density at radius 2 is 1.18 bits per heavy atom. The zero-order valence-electron chi connectivity index (χ0n) is 39.7. The summed E-state index contributed by atoms with van der Waals surface area (Å²) in [5.74, 6) is 0. The second kappa shape index (κ2) is 23.9. The van der Waals surface area contributed by atoms with Gasteiger partial charge < -0.3 is 23.8 Å². The summed E-state index contributed by atoms with van der Waals surface area (Å²) in [4.78, 5) is 7.24. The Morgan fingerprint density at radius 3 is 1.79 bits per heavy atom. The average Bonchev–Trinajstić information content (AvgIpc) is 4.17. The number of aromatic nitrogens is 7. The van der Waals surface area contributed by atoms with E-state index in [9.17, 15) is 0 Å². The second-order valence-corrected chi connectivity index (χ2v) is 18.2. The SMILES string of the molecule is CCCCn1cc(CN(Cc2cn(CCCC)nn2)c2ccc3c(c2)C(CCOCCOCC)(CCOCCOCC)c2cc(/C=C/c4ccc(-c5nc6ccccc6s5)cc4)ccc2-3)nn1. The number of para-hydroxylation sites is 1. The highest BCUT2D eigenvalue weighted by Crippen LogP contribution is 2.54. The lowest BCUT2D eigenvalue weighted by molar-refractivity contribution is 0.0356. The van der Waals surface area contributed by atoms with Crippen LogP contribution in [0.5, 0.6) is 0 Å². The van der Waals surface area contributed by atoms with Gasteiger partial charge >= 0.3 is 0 Å². The van der Waals surface area contributed by atoms with Crippen molar-refractivity contribution in [2.45, 2.75) is 97.8 Å². The maximum Gasteiger partial charge on any atom is 0.124 e. The molecule has 3 heterocycles. The molecular weight excluding hydrogens is 857 g/mol. The van der Waals surface area contributed by atoms with Crippen molar-refractivity contribution in [3.8, 4) is 21.7 Å². The molecule has 1 aliphatic rings.